The van der Waals surface area contributed by atoms with E-state index in [-0.39, 0.29) is 24.8 Å². The van der Waals surface area contributed by atoms with Crippen LogP contribution in [0.2, 0.25) is 0 Å². The Bertz CT molecular complexity index is 1160. The van der Waals surface area contributed by atoms with Gasteiger partial charge in [-0.1, -0.05) is 35.4 Å². The molecule has 0 saturated heterocycles. The van der Waals surface area contributed by atoms with E-state index in [1.807, 2.05) is 36.4 Å². The van der Waals surface area contributed by atoms with Gasteiger partial charge in [0.25, 0.3) is 0 Å². The topological polar surface area (TPSA) is 0 Å². The SMILES string of the molecule is [Cl-].[Cl-].[Zr+2]=[SiH]C(c1ccccc1)c1ccccc1.[c-]1cccc2c1Cc1ccccc1-2.c1cc[cH-]c1. The van der Waals surface area contributed by atoms with Crippen LogP contribution in [0.15, 0.2) is 133 Å². The normalized spacial score (nSPS) is 10.1. The minimum Gasteiger partial charge on any atom is -0.214 e. The first kappa shape index (κ1) is 29.1. The van der Waals surface area contributed by atoms with Crippen LogP contribution in [0.25, 0.3) is 11.1 Å². The molecule has 6 rings (SSSR count). The molecule has 35 heavy (non-hydrogen) atoms. The van der Waals surface area contributed by atoms with Crippen molar-refractivity contribution in [1.29, 1.82) is 0 Å². The molecule has 0 unspecified atom stereocenters. The Morgan fingerprint density at radius 1 is 0.657 bits per heavy atom. The van der Waals surface area contributed by atoms with Gasteiger partial charge in [0.1, 0.15) is 0 Å². The average molecular weight is 589 g/mol. The van der Waals surface area contributed by atoms with Crippen molar-refractivity contribution < 1.29 is 48.1 Å². The second-order valence-electron chi connectivity index (χ2n) is 7.82. The third kappa shape index (κ3) is 8.23. The Morgan fingerprint density at radius 3 is 1.74 bits per heavy atom. The van der Waals surface area contributed by atoms with E-state index in [9.17, 15) is 0 Å². The van der Waals surface area contributed by atoms with Crippen LogP contribution in [-0.2, 0) is 29.8 Å². The van der Waals surface area contributed by atoms with Crippen molar-refractivity contribution in [2.45, 2.75) is 12.0 Å². The number of rotatable bonds is 3. The smallest absolute Gasteiger partial charge is 0.0253 e. The summed E-state index contributed by atoms with van der Waals surface area (Å²) in [4.78, 5) is 0. The fourth-order valence-electron chi connectivity index (χ4n) is 4.02. The summed E-state index contributed by atoms with van der Waals surface area (Å²) in [6.07, 6.45) is 1.56. The van der Waals surface area contributed by atoms with Crippen LogP contribution < -0.4 is 24.8 Å². The van der Waals surface area contributed by atoms with Crippen LogP contribution in [0.4, 0.5) is 0 Å². The minimum absolute atomic E-state index is 0. The van der Waals surface area contributed by atoms with E-state index in [0.717, 1.165) is 6.42 Å². The number of benzene rings is 4. The van der Waals surface area contributed by atoms with Crippen LogP contribution >= 0.6 is 0 Å². The van der Waals surface area contributed by atoms with Gasteiger partial charge in [0.05, 0.1) is 0 Å². The Labute approximate surface area is 237 Å². The second kappa shape index (κ2) is 15.8. The summed E-state index contributed by atoms with van der Waals surface area (Å²) in [5.41, 5.74) is 9.10. The van der Waals surface area contributed by atoms with E-state index >= 15 is 0 Å². The average Bonchev–Trinajstić information content (AvgIpc) is 3.58. The summed E-state index contributed by atoms with van der Waals surface area (Å²) in [6.45, 7) is 0. The molecule has 0 bridgehead atoms. The van der Waals surface area contributed by atoms with Gasteiger partial charge in [-0.2, -0.15) is 48.0 Å². The quantitative estimate of drug-likeness (QED) is 0.215. The third-order valence-corrected chi connectivity index (χ3v) is 9.22. The summed E-state index contributed by atoms with van der Waals surface area (Å²) >= 11 is 1.68. The molecule has 5 aromatic carbocycles. The number of hydrogen-bond donors (Lipinski definition) is 0. The van der Waals surface area contributed by atoms with Crippen LogP contribution in [0, 0.1) is 6.07 Å². The largest absolute Gasteiger partial charge is 0.214 e. The predicted octanol–water partition coefficient (Wildman–Crippen LogP) is 1.15. The number of halogens is 2. The van der Waals surface area contributed by atoms with Crippen LogP contribution in [0.5, 0.6) is 0 Å². The molecule has 0 amide bonds. The number of hydrogen-bond acceptors (Lipinski definition) is 0. The molecular formula is C31H26Cl2SiZr-2. The molecule has 5 aromatic rings. The first-order chi connectivity index (χ1) is 16.4. The molecule has 0 fully saturated rings. The molecule has 0 radical (unpaired) electrons. The molecule has 4 heteroatoms. The molecule has 0 nitrogen and oxygen atoms in total. The van der Waals surface area contributed by atoms with E-state index in [2.05, 4.69) is 103 Å². The minimum atomic E-state index is 0. The Kier molecular flexibility index (Phi) is 13.2. The Hall–Kier alpha value is -2.09. The van der Waals surface area contributed by atoms with Gasteiger partial charge in [0.2, 0.25) is 0 Å². The van der Waals surface area contributed by atoms with Gasteiger partial charge in [-0.05, 0) is 6.42 Å². The standard InChI is InChI=1S/C13H12Si.C13H9.C5H5.2ClH.Zr/c14-13(11-7-3-1-4-8-11)12-9-5-2-6-10-12;1-3-7-12-10(5-1)9-11-6-2-4-8-13(11)12;1-2-4-5-3-1;;;/h1-10,13-14H;1-5,7-8H,9H2;1-5H;2*1H;/q;2*-1;;;+2/p-2. The first-order valence-corrected chi connectivity index (χ1v) is 16.7. The molecule has 1 aliphatic carbocycles. The summed E-state index contributed by atoms with van der Waals surface area (Å²) < 4.78 is 0. The van der Waals surface area contributed by atoms with Crippen molar-refractivity contribution in [3.8, 4) is 11.1 Å². The molecule has 0 aliphatic heterocycles. The van der Waals surface area contributed by atoms with E-state index in [1.54, 1.807) is 23.3 Å². The summed E-state index contributed by atoms with van der Waals surface area (Å²) in [6, 6.07) is 49.8. The van der Waals surface area contributed by atoms with E-state index in [0.29, 0.717) is 11.7 Å². The van der Waals surface area contributed by atoms with E-state index in [4.69, 9.17) is 0 Å². The van der Waals surface area contributed by atoms with Gasteiger partial charge < -0.3 is 24.8 Å². The van der Waals surface area contributed by atoms with Crippen molar-refractivity contribution in [3.63, 3.8) is 0 Å². The van der Waals surface area contributed by atoms with Crippen molar-refractivity contribution in [1.82, 2.24) is 0 Å². The maximum Gasteiger partial charge on any atom is -0.0253 e. The van der Waals surface area contributed by atoms with Gasteiger partial charge >= 0.3 is 107 Å². The van der Waals surface area contributed by atoms with Gasteiger partial charge in [-0.3, -0.25) is 0 Å². The molecule has 0 aromatic heterocycles. The maximum absolute atomic E-state index is 3.30. The molecule has 1 aliphatic rings. The van der Waals surface area contributed by atoms with Crippen LogP contribution in [-0.4, -0.2) is 6.16 Å². The fraction of sp³-hybridized carbons (Fsp3) is 0.0645. The van der Waals surface area contributed by atoms with Crippen molar-refractivity contribution in [2.75, 3.05) is 0 Å². The molecule has 174 valence electrons. The molecule has 0 saturated carbocycles. The zero-order valence-corrected chi connectivity index (χ0v) is 24.4. The summed E-state index contributed by atoms with van der Waals surface area (Å²) in [5, 5.41) is 0. The molecule has 0 N–H and O–H groups in total. The zero-order chi connectivity index (χ0) is 22.7. The number of fused-ring (bicyclic) bond motifs is 3. The zero-order valence-electron chi connectivity index (χ0n) is 19.3. The predicted molar refractivity (Wildman–Crippen MR) is 137 cm³/mol. The third-order valence-electron chi connectivity index (χ3n) is 5.66. The van der Waals surface area contributed by atoms with Crippen molar-refractivity contribution in [2.24, 2.45) is 0 Å². The van der Waals surface area contributed by atoms with Crippen LogP contribution in [0.1, 0.15) is 27.8 Å². The van der Waals surface area contributed by atoms with E-state index < -0.39 is 0 Å². The van der Waals surface area contributed by atoms with Crippen molar-refractivity contribution >= 4 is 6.16 Å². The molecule has 0 heterocycles. The summed E-state index contributed by atoms with van der Waals surface area (Å²) in [7, 11) is 0. The summed E-state index contributed by atoms with van der Waals surface area (Å²) in [5.74, 6) is 0. The first-order valence-electron chi connectivity index (χ1n) is 11.2. The Balaban J connectivity index is 0.000000198. The van der Waals surface area contributed by atoms with Gasteiger partial charge in [-0.25, -0.2) is 12.1 Å². The van der Waals surface area contributed by atoms with E-state index in [1.165, 1.54) is 33.4 Å². The maximum atomic E-state index is 3.30. The fourth-order valence-corrected chi connectivity index (χ4v) is 7.69. The molecule has 0 atom stereocenters. The van der Waals surface area contributed by atoms with Gasteiger partial charge in [0.15, 0.2) is 0 Å². The Morgan fingerprint density at radius 2 is 1.20 bits per heavy atom. The van der Waals surface area contributed by atoms with Crippen LogP contribution in [0.3, 0.4) is 0 Å². The molecular weight excluding hydrogens is 563 g/mol. The van der Waals surface area contributed by atoms with Gasteiger partial charge in [-0.15, -0.1) is 5.56 Å². The van der Waals surface area contributed by atoms with Gasteiger partial charge in [0, 0.05) is 0 Å². The monoisotopic (exact) mass is 586 g/mol. The van der Waals surface area contributed by atoms with Crippen molar-refractivity contribution in [3.05, 3.63) is 162 Å². The second-order valence-corrected chi connectivity index (χ2v) is 11.3. The molecule has 0 spiro atoms.